The predicted molar refractivity (Wildman–Crippen MR) is 88.5 cm³/mol. The van der Waals surface area contributed by atoms with Crippen LogP contribution in [-0.4, -0.2) is 33.6 Å². The van der Waals surface area contributed by atoms with Gasteiger partial charge in [-0.1, -0.05) is 0 Å². The van der Waals surface area contributed by atoms with Crippen LogP contribution in [0.2, 0.25) is 0 Å². The van der Waals surface area contributed by atoms with Crippen LogP contribution in [-0.2, 0) is 0 Å². The number of hydrogen-bond donors (Lipinski definition) is 1. The van der Waals surface area contributed by atoms with Crippen molar-refractivity contribution in [1.29, 1.82) is 0 Å². The standard InChI is InChI=1S/C14H16IN5O/c1-3-16-14-11(15)12(8-4-5-8)19-13(20-14)9-6-10(21-2)18-7-17-9/h6-8H,3-5H2,1-2H3,(H,16,19,20). The monoisotopic (exact) mass is 397 g/mol. The number of hydrogen-bond acceptors (Lipinski definition) is 6. The second-order valence-electron chi connectivity index (χ2n) is 4.85. The molecule has 0 saturated heterocycles. The number of anilines is 1. The van der Waals surface area contributed by atoms with Crippen molar-refractivity contribution < 1.29 is 4.74 Å². The summed E-state index contributed by atoms with van der Waals surface area (Å²) in [4.78, 5) is 17.6. The maximum atomic E-state index is 5.14. The molecule has 2 aromatic rings. The smallest absolute Gasteiger partial charge is 0.216 e. The largest absolute Gasteiger partial charge is 0.481 e. The highest BCUT2D eigenvalue weighted by Gasteiger charge is 2.29. The Morgan fingerprint density at radius 2 is 2.14 bits per heavy atom. The Labute approximate surface area is 136 Å². The van der Waals surface area contributed by atoms with Gasteiger partial charge in [0.25, 0.3) is 0 Å². The van der Waals surface area contributed by atoms with E-state index in [1.165, 1.54) is 19.2 Å². The average Bonchev–Trinajstić information content (AvgIpc) is 3.34. The van der Waals surface area contributed by atoms with E-state index in [1.807, 2.05) is 0 Å². The average molecular weight is 397 g/mol. The van der Waals surface area contributed by atoms with Gasteiger partial charge < -0.3 is 10.1 Å². The summed E-state index contributed by atoms with van der Waals surface area (Å²) in [5, 5.41) is 3.30. The number of ether oxygens (including phenoxy) is 1. The van der Waals surface area contributed by atoms with Crippen molar-refractivity contribution in [2.24, 2.45) is 0 Å². The van der Waals surface area contributed by atoms with E-state index < -0.39 is 0 Å². The molecule has 0 unspecified atom stereocenters. The first kappa shape index (κ1) is 14.4. The first-order valence-electron chi connectivity index (χ1n) is 6.90. The van der Waals surface area contributed by atoms with E-state index in [0.29, 0.717) is 23.3 Å². The van der Waals surface area contributed by atoms with Gasteiger partial charge in [-0.25, -0.2) is 19.9 Å². The Kier molecular flexibility index (Phi) is 4.18. The first-order chi connectivity index (χ1) is 10.2. The van der Waals surface area contributed by atoms with Crippen molar-refractivity contribution >= 4 is 28.4 Å². The van der Waals surface area contributed by atoms with Gasteiger partial charge in [-0.05, 0) is 42.4 Å². The Morgan fingerprint density at radius 3 is 2.81 bits per heavy atom. The van der Waals surface area contributed by atoms with Crippen LogP contribution < -0.4 is 10.1 Å². The van der Waals surface area contributed by atoms with Gasteiger partial charge in [-0.15, -0.1) is 0 Å². The lowest BCUT2D eigenvalue weighted by Crippen LogP contribution is -2.08. The van der Waals surface area contributed by atoms with Crippen LogP contribution in [0.15, 0.2) is 12.4 Å². The van der Waals surface area contributed by atoms with Crippen LogP contribution in [0, 0.1) is 3.57 Å². The van der Waals surface area contributed by atoms with Gasteiger partial charge in [0.2, 0.25) is 5.88 Å². The molecule has 3 rings (SSSR count). The van der Waals surface area contributed by atoms with E-state index in [0.717, 1.165) is 21.6 Å². The van der Waals surface area contributed by atoms with Crippen LogP contribution in [0.5, 0.6) is 5.88 Å². The Balaban J connectivity index is 2.08. The third-order valence-electron chi connectivity index (χ3n) is 3.27. The van der Waals surface area contributed by atoms with Gasteiger partial charge in [-0.2, -0.15) is 0 Å². The summed E-state index contributed by atoms with van der Waals surface area (Å²) in [5.41, 5.74) is 1.80. The molecular weight excluding hydrogens is 381 g/mol. The van der Waals surface area contributed by atoms with Crippen molar-refractivity contribution in [3.63, 3.8) is 0 Å². The van der Waals surface area contributed by atoms with Crippen LogP contribution in [0.25, 0.3) is 11.5 Å². The minimum absolute atomic E-state index is 0.514. The fraction of sp³-hybridized carbons (Fsp3) is 0.429. The maximum absolute atomic E-state index is 5.14. The van der Waals surface area contributed by atoms with Crippen molar-refractivity contribution in [2.75, 3.05) is 19.0 Å². The minimum Gasteiger partial charge on any atom is -0.481 e. The highest BCUT2D eigenvalue weighted by molar-refractivity contribution is 14.1. The Morgan fingerprint density at radius 1 is 1.33 bits per heavy atom. The molecule has 0 radical (unpaired) electrons. The Hall–Kier alpha value is -1.51. The lowest BCUT2D eigenvalue weighted by atomic mass is 10.2. The number of nitrogens with zero attached hydrogens (tertiary/aromatic N) is 4. The zero-order chi connectivity index (χ0) is 14.8. The molecule has 0 bridgehead atoms. The molecule has 0 spiro atoms. The fourth-order valence-corrected chi connectivity index (χ4v) is 2.94. The molecule has 1 aliphatic carbocycles. The van der Waals surface area contributed by atoms with Crippen LogP contribution >= 0.6 is 22.6 Å². The van der Waals surface area contributed by atoms with Crippen molar-refractivity contribution in [1.82, 2.24) is 19.9 Å². The van der Waals surface area contributed by atoms with E-state index in [9.17, 15) is 0 Å². The van der Waals surface area contributed by atoms with Crippen molar-refractivity contribution in [3.05, 3.63) is 21.7 Å². The molecule has 1 saturated carbocycles. The van der Waals surface area contributed by atoms with Gasteiger partial charge in [0, 0.05) is 18.5 Å². The lowest BCUT2D eigenvalue weighted by molar-refractivity contribution is 0.397. The molecule has 0 atom stereocenters. The highest BCUT2D eigenvalue weighted by Crippen LogP contribution is 2.42. The molecule has 110 valence electrons. The third-order valence-corrected chi connectivity index (χ3v) is 4.33. The zero-order valence-electron chi connectivity index (χ0n) is 11.9. The number of halogens is 1. The van der Waals surface area contributed by atoms with Crippen molar-refractivity contribution in [3.8, 4) is 17.4 Å². The summed E-state index contributed by atoms with van der Waals surface area (Å²) in [5.74, 6) is 2.57. The molecule has 7 heteroatoms. The molecule has 0 amide bonds. The van der Waals surface area contributed by atoms with E-state index in [2.05, 4.69) is 49.8 Å². The summed E-state index contributed by atoms with van der Waals surface area (Å²) in [6, 6.07) is 1.76. The van der Waals surface area contributed by atoms with Gasteiger partial charge in [-0.3, -0.25) is 0 Å². The summed E-state index contributed by atoms with van der Waals surface area (Å²) in [6.07, 6.45) is 3.87. The van der Waals surface area contributed by atoms with E-state index >= 15 is 0 Å². The van der Waals surface area contributed by atoms with Crippen LogP contribution in [0.3, 0.4) is 0 Å². The molecule has 1 N–H and O–H groups in total. The number of methoxy groups -OCH3 is 1. The quantitative estimate of drug-likeness (QED) is 0.783. The molecule has 2 aromatic heterocycles. The molecule has 0 aromatic carbocycles. The molecule has 1 aliphatic rings. The molecular formula is C14H16IN5O. The summed E-state index contributed by atoms with van der Waals surface area (Å²) in [6.45, 7) is 2.88. The van der Waals surface area contributed by atoms with Gasteiger partial charge in [0.15, 0.2) is 5.82 Å². The predicted octanol–water partition coefficient (Wildman–Crippen LogP) is 2.86. The van der Waals surface area contributed by atoms with Gasteiger partial charge >= 0.3 is 0 Å². The highest BCUT2D eigenvalue weighted by atomic mass is 127. The minimum atomic E-state index is 0.514. The normalized spacial score (nSPS) is 14.0. The third kappa shape index (κ3) is 3.07. The lowest BCUT2D eigenvalue weighted by Gasteiger charge is -2.11. The van der Waals surface area contributed by atoms with E-state index in [4.69, 9.17) is 9.72 Å². The molecule has 1 fully saturated rings. The topological polar surface area (TPSA) is 72.8 Å². The summed E-state index contributed by atoms with van der Waals surface area (Å²) < 4.78 is 6.26. The van der Waals surface area contributed by atoms with Gasteiger partial charge in [0.05, 0.1) is 16.4 Å². The number of aromatic nitrogens is 4. The molecule has 0 aliphatic heterocycles. The second kappa shape index (κ2) is 6.08. The van der Waals surface area contributed by atoms with E-state index in [-0.39, 0.29) is 0 Å². The maximum Gasteiger partial charge on any atom is 0.216 e. The van der Waals surface area contributed by atoms with Gasteiger partial charge in [0.1, 0.15) is 17.8 Å². The molecule has 2 heterocycles. The fourth-order valence-electron chi connectivity index (χ4n) is 2.06. The number of nitrogens with one attached hydrogen (secondary N) is 1. The summed E-state index contributed by atoms with van der Waals surface area (Å²) >= 11 is 2.32. The number of rotatable bonds is 5. The van der Waals surface area contributed by atoms with E-state index in [1.54, 1.807) is 13.2 Å². The Bertz CT molecular complexity index is 660. The van der Waals surface area contributed by atoms with Crippen molar-refractivity contribution in [2.45, 2.75) is 25.7 Å². The van der Waals surface area contributed by atoms with Crippen LogP contribution in [0.1, 0.15) is 31.4 Å². The zero-order valence-corrected chi connectivity index (χ0v) is 14.1. The van der Waals surface area contributed by atoms with Crippen LogP contribution in [0.4, 0.5) is 5.82 Å². The summed E-state index contributed by atoms with van der Waals surface area (Å²) in [7, 11) is 1.58. The molecule has 6 nitrogen and oxygen atoms in total. The first-order valence-corrected chi connectivity index (χ1v) is 7.98. The second-order valence-corrected chi connectivity index (χ2v) is 5.92. The SMILES string of the molecule is CCNc1nc(-c2cc(OC)ncn2)nc(C2CC2)c1I. The molecule has 21 heavy (non-hydrogen) atoms.